The molecule has 0 amide bonds. The van der Waals surface area contributed by atoms with Gasteiger partial charge in [0.2, 0.25) is 11.7 Å². The van der Waals surface area contributed by atoms with E-state index in [9.17, 15) is 0 Å². The normalized spacial score (nSPS) is 10.7. The summed E-state index contributed by atoms with van der Waals surface area (Å²) in [6.07, 6.45) is 4.39. The number of aryl methyl sites for hydroxylation is 2. The van der Waals surface area contributed by atoms with Crippen LogP contribution >= 0.6 is 0 Å². The SMILES string of the molecule is CCCCc1ccc(-c2noc(CC)n2)cc1. The molecule has 3 nitrogen and oxygen atoms in total. The fraction of sp³-hybridized carbons (Fsp3) is 0.429. The van der Waals surface area contributed by atoms with Crippen molar-refractivity contribution in [2.24, 2.45) is 0 Å². The number of hydrogen-bond donors (Lipinski definition) is 0. The fourth-order valence-electron chi connectivity index (χ4n) is 1.72. The molecule has 1 aromatic carbocycles. The zero-order chi connectivity index (χ0) is 12.1. The molecule has 1 heterocycles. The van der Waals surface area contributed by atoms with E-state index in [1.165, 1.54) is 18.4 Å². The molecular weight excluding hydrogens is 212 g/mol. The smallest absolute Gasteiger partial charge is 0.226 e. The average molecular weight is 230 g/mol. The average Bonchev–Trinajstić information content (AvgIpc) is 2.86. The van der Waals surface area contributed by atoms with Gasteiger partial charge in [0.15, 0.2) is 0 Å². The molecule has 0 spiro atoms. The predicted molar refractivity (Wildman–Crippen MR) is 67.7 cm³/mol. The first-order valence-electron chi connectivity index (χ1n) is 6.25. The highest BCUT2D eigenvalue weighted by molar-refractivity contribution is 5.54. The second kappa shape index (κ2) is 5.62. The van der Waals surface area contributed by atoms with Gasteiger partial charge in [0.25, 0.3) is 0 Å². The zero-order valence-corrected chi connectivity index (χ0v) is 10.4. The number of hydrogen-bond acceptors (Lipinski definition) is 3. The van der Waals surface area contributed by atoms with Crippen LogP contribution in [0.3, 0.4) is 0 Å². The van der Waals surface area contributed by atoms with Crippen LogP contribution in [0.15, 0.2) is 28.8 Å². The van der Waals surface area contributed by atoms with Gasteiger partial charge in [-0.25, -0.2) is 0 Å². The molecule has 3 heteroatoms. The van der Waals surface area contributed by atoms with E-state index in [2.05, 4.69) is 41.3 Å². The Morgan fingerprint density at radius 3 is 2.47 bits per heavy atom. The molecule has 0 bridgehead atoms. The predicted octanol–water partition coefficient (Wildman–Crippen LogP) is 3.64. The molecule has 2 rings (SSSR count). The van der Waals surface area contributed by atoms with E-state index in [1.54, 1.807) is 0 Å². The second-order valence-corrected chi connectivity index (χ2v) is 4.17. The van der Waals surface area contributed by atoms with Crippen LogP contribution in [0.1, 0.15) is 38.1 Å². The van der Waals surface area contributed by atoms with Gasteiger partial charge in [0.05, 0.1) is 0 Å². The summed E-state index contributed by atoms with van der Waals surface area (Å²) in [5, 5.41) is 3.96. The van der Waals surface area contributed by atoms with Crippen LogP contribution in [0, 0.1) is 0 Å². The van der Waals surface area contributed by atoms with Crippen LogP contribution in [-0.2, 0) is 12.8 Å². The summed E-state index contributed by atoms with van der Waals surface area (Å²) in [6.45, 7) is 4.21. The summed E-state index contributed by atoms with van der Waals surface area (Å²) in [4.78, 5) is 4.31. The molecule has 1 aromatic heterocycles. The highest BCUT2D eigenvalue weighted by atomic mass is 16.5. The number of rotatable bonds is 5. The maximum absolute atomic E-state index is 5.10. The van der Waals surface area contributed by atoms with Gasteiger partial charge in [-0.3, -0.25) is 0 Å². The molecule has 0 radical (unpaired) electrons. The Kier molecular flexibility index (Phi) is 3.91. The molecule has 0 fully saturated rings. The monoisotopic (exact) mass is 230 g/mol. The van der Waals surface area contributed by atoms with Crippen molar-refractivity contribution >= 4 is 0 Å². The molecule has 0 saturated heterocycles. The standard InChI is InChI=1S/C14H18N2O/c1-3-5-6-11-7-9-12(10-8-11)14-15-13(4-2)17-16-14/h7-10H,3-6H2,1-2H3. The van der Waals surface area contributed by atoms with Gasteiger partial charge >= 0.3 is 0 Å². The van der Waals surface area contributed by atoms with Crippen molar-refractivity contribution < 1.29 is 4.52 Å². The van der Waals surface area contributed by atoms with Crippen LogP contribution in [0.4, 0.5) is 0 Å². The van der Waals surface area contributed by atoms with E-state index in [1.807, 2.05) is 6.92 Å². The van der Waals surface area contributed by atoms with Crippen molar-refractivity contribution in [1.29, 1.82) is 0 Å². The third-order valence-corrected chi connectivity index (χ3v) is 2.80. The Balaban J connectivity index is 2.11. The van der Waals surface area contributed by atoms with E-state index < -0.39 is 0 Å². The highest BCUT2D eigenvalue weighted by Crippen LogP contribution is 2.17. The van der Waals surface area contributed by atoms with Gasteiger partial charge in [-0.15, -0.1) is 0 Å². The minimum absolute atomic E-state index is 0.684. The fourth-order valence-corrected chi connectivity index (χ4v) is 1.72. The third kappa shape index (κ3) is 2.93. The first-order valence-corrected chi connectivity index (χ1v) is 6.25. The van der Waals surface area contributed by atoms with Crippen molar-refractivity contribution in [2.75, 3.05) is 0 Å². The van der Waals surface area contributed by atoms with Crippen LogP contribution in [0.5, 0.6) is 0 Å². The Labute approximate surface area is 102 Å². The van der Waals surface area contributed by atoms with Crippen LogP contribution < -0.4 is 0 Å². The summed E-state index contributed by atoms with van der Waals surface area (Å²) >= 11 is 0. The molecule has 0 N–H and O–H groups in total. The van der Waals surface area contributed by atoms with E-state index in [0.29, 0.717) is 11.7 Å². The second-order valence-electron chi connectivity index (χ2n) is 4.17. The molecule has 0 atom stereocenters. The maximum Gasteiger partial charge on any atom is 0.226 e. The molecule has 2 aromatic rings. The quantitative estimate of drug-likeness (QED) is 0.787. The lowest BCUT2D eigenvalue weighted by Crippen LogP contribution is -1.86. The van der Waals surface area contributed by atoms with Crippen molar-refractivity contribution in [3.05, 3.63) is 35.7 Å². The van der Waals surface area contributed by atoms with Crippen LogP contribution in [0.2, 0.25) is 0 Å². The van der Waals surface area contributed by atoms with Crippen LogP contribution in [0.25, 0.3) is 11.4 Å². The van der Waals surface area contributed by atoms with Crippen molar-refractivity contribution in [3.8, 4) is 11.4 Å². The van der Waals surface area contributed by atoms with Gasteiger partial charge in [0.1, 0.15) is 0 Å². The first kappa shape index (κ1) is 11.8. The van der Waals surface area contributed by atoms with Gasteiger partial charge in [-0.2, -0.15) is 4.98 Å². The van der Waals surface area contributed by atoms with E-state index in [0.717, 1.165) is 18.4 Å². The minimum atomic E-state index is 0.684. The van der Waals surface area contributed by atoms with E-state index in [-0.39, 0.29) is 0 Å². The third-order valence-electron chi connectivity index (χ3n) is 2.80. The lowest BCUT2D eigenvalue weighted by atomic mass is 10.1. The minimum Gasteiger partial charge on any atom is -0.339 e. The summed E-state index contributed by atoms with van der Waals surface area (Å²) in [5.74, 6) is 1.37. The summed E-state index contributed by atoms with van der Waals surface area (Å²) < 4.78 is 5.10. The van der Waals surface area contributed by atoms with Gasteiger partial charge < -0.3 is 4.52 Å². The zero-order valence-electron chi connectivity index (χ0n) is 10.4. The Morgan fingerprint density at radius 2 is 1.88 bits per heavy atom. The molecule has 0 unspecified atom stereocenters. The van der Waals surface area contributed by atoms with Gasteiger partial charge in [0, 0.05) is 12.0 Å². The number of benzene rings is 1. The number of unbranched alkanes of at least 4 members (excludes halogenated alkanes) is 1. The largest absolute Gasteiger partial charge is 0.339 e. The van der Waals surface area contributed by atoms with Crippen molar-refractivity contribution in [3.63, 3.8) is 0 Å². The molecule has 0 saturated carbocycles. The lowest BCUT2D eigenvalue weighted by molar-refractivity contribution is 0.383. The lowest BCUT2D eigenvalue weighted by Gasteiger charge is -2.00. The molecule has 0 aliphatic carbocycles. The van der Waals surface area contributed by atoms with E-state index >= 15 is 0 Å². The number of nitrogens with zero attached hydrogens (tertiary/aromatic N) is 2. The van der Waals surface area contributed by atoms with Crippen LogP contribution in [-0.4, -0.2) is 10.1 Å². The van der Waals surface area contributed by atoms with Gasteiger partial charge in [-0.1, -0.05) is 49.7 Å². The summed E-state index contributed by atoms with van der Waals surface area (Å²) in [5.41, 5.74) is 2.39. The number of aromatic nitrogens is 2. The Bertz CT molecular complexity index is 459. The molecule has 17 heavy (non-hydrogen) atoms. The van der Waals surface area contributed by atoms with Crippen molar-refractivity contribution in [2.45, 2.75) is 39.5 Å². The Hall–Kier alpha value is -1.64. The molecule has 90 valence electrons. The molecule has 0 aliphatic rings. The first-order chi connectivity index (χ1) is 8.33. The summed E-state index contributed by atoms with van der Waals surface area (Å²) in [6, 6.07) is 8.42. The maximum atomic E-state index is 5.10. The highest BCUT2D eigenvalue weighted by Gasteiger charge is 2.06. The molecular formula is C14H18N2O. The van der Waals surface area contributed by atoms with Crippen molar-refractivity contribution in [1.82, 2.24) is 10.1 Å². The van der Waals surface area contributed by atoms with E-state index in [4.69, 9.17) is 4.52 Å². The summed E-state index contributed by atoms with van der Waals surface area (Å²) in [7, 11) is 0. The Morgan fingerprint density at radius 1 is 1.12 bits per heavy atom. The topological polar surface area (TPSA) is 38.9 Å². The molecule has 0 aliphatic heterocycles. The van der Waals surface area contributed by atoms with Gasteiger partial charge in [-0.05, 0) is 18.4 Å².